The minimum Gasteiger partial charge on any atom is -0.508 e. The molecule has 0 aromatic heterocycles. The van der Waals surface area contributed by atoms with E-state index < -0.39 is 0 Å². The molecule has 4 heteroatoms. The molecular formula is C20H26O4. The number of benzene rings is 1. The lowest BCUT2D eigenvalue weighted by molar-refractivity contribution is -0.150. The van der Waals surface area contributed by atoms with Gasteiger partial charge in [0, 0.05) is 23.1 Å². The van der Waals surface area contributed by atoms with E-state index in [-0.39, 0.29) is 28.7 Å². The largest absolute Gasteiger partial charge is 0.508 e. The maximum absolute atomic E-state index is 12.3. The lowest BCUT2D eigenvalue weighted by atomic mass is 9.70. The second kappa shape index (κ2) is 5.83. The van der Waals surface area contributed by atoms with E-state index >= 15 is 0 Å². The lowest BCUT2D eigenvalue weighted by Crippen LogP contribution is -2.38. The summed E-state index contributed by atoms with van der Waals surface area (Å²) in [5.41, 5.74) is 1.02. The summed E-state index contributed by atoms with van der Waals surface area (Å²) in [7, 11) is 1.53. The van der Waals surface area contributed by atoms with Crippen LogP contribution in [-0.2, 0) is 9.53 Å². The van der Waals surface area contributed by atoms with Crippen LogP contribution in [0.3, 0.4) is 0 Å². The van der Waals surface area contributed by atoms with Gasteiger partial charge in [-0.25, -0.2) is 4.79 Å². The number of hydrogen-bond donors (Lipinski definition) is 1. The normalized spacial score (nSPS) is 30.7. The van der Waals surface area contributed by atoms with Gasteiger partial charge >= 0.3 is 5.97 Å². The van der Waals surface area contributed by atoms with E-state index in [4.69, 9.17) is 9.47 Å². The van der Waals surface area contributed by atoms with Crippen molar-refractivity contribution >= 4 is 12.0 Å². The van der Waals surface area contributed by atoms with Crippen LogP contribution in [0.1, 0.15) is 45.6 Å². The van der Waals surface area contributed by atoms with Crippen LogP contribution in [0.2, 0.25) is 0 Å². The third-order valence-electron chi connectivity index (χ3n) is 6.59. The van der Waals surface area contributed by atoms with E-state index in [1.165, 1.54) is 25.7 Å². The van der Waals surface area contributed by atoms with Gasteiger partial charge in [0.05, 0.1) is 7.11 Å². The Balaban J connectivity index is 1.69. The first-order valence-corrected chi connectivity index (χ1v) is 8.53. The van der Waals surface area contributed by atoms with Crippen LogP contribution in [0, 0.1) is 16.7 Å². The van der Waals surface area contributed by atoms with Gasteiger partial charge in [-0.2, -0.15) is 0 Å². The standard InChI is InChI=1S/C20H26O4/c1-19(2)14-9-10-20(19,3)17(11-14)24-18(22)8-6-13-5-7-15(21)12-16(13)23-4/h5-8,12,14,17,21H,9-11H2,1-4H3/b8-6+/t14-,17+,20+/m1/s1. The first-order valence-electron chi connectivity index (χ1n) is 8.53. The predicted molar refractivity (Wildman–Crippen MR) is 92.8 cm³/mol. The molecule has 3 atom stereocenters. The Labute approximate surface area is 143 Å². The maximum atomic E-state index is 12.3. The first-order chi connectivity index (χ1) is 11.3. The fraction of sp³-hybridized carbons (Fsp3) is 0.550. The number of carbonyl (C=O) groups is 1. The number of fused-ring (bicyclic) bond motifs is 2. The number of carbonyl (C=O) groups excluding carboxylic acids is 1. The SMILES string of the molecule is COc1cc(O)ccc1/C=C/C(=O)O[C@H]1C[C@H]2CC[C@]1(C)C2(C)C. The van der Waals surface area contributed by atoms with Crippen LogP contribution < -0.4 is 4.74 Å². The number of hydrogen-bond acceptors (Lipinski definition) is 4. The Morgan fingerprint density at radius 2 is 2.08 bits per heavy atom. The molecule has 2 saturated carbocycles. The highest BCUT2D eigenvalue weighted by Gasteiger charge is 2.62. The van der Waals surface area contributed by atoms with Gasteiger partial charge in [-0.1, -0.05) is 20.8 Å². The molecule has 130 valence electrons. The molecule has 2 aliphatic carbocycles. The van der Waals surface area contributed by atoms with Gasteiger partial charge in [-0.15, -0.1) is 0 Å². The first kappa shape index (κ1) is 16.9. The van der Waals surface area contributed by atoms with E-state index in [2.05, 4.69) is 20.8 Å². The highest BCUT2D eigenvalue weighted by atomic mass is 16.5. The summed E-state index contributed by atoms with van der Waals surface area (Å²) >= 11 is 0. The van der Waals surface area contributed by atoms with Crippen LogP contribution in [0.25, 0.3) is 6.08 Å². The van der Waals surface area contributed by atoms with E-state index in [0.29, 0.717) is 11.7 Å². The lowest BCUT2D eigenvalue weighted by Gasteiger charge is -2.38. The molecular weight excluding hydrogens is 304 g/mol. The van der Waals surface area contributed by atoms with Crippen molar-refractivity contribution in [3.05, 3.63) is 29.8 Å². The zero-order valence-electron chi connectivity index (χ0n) is 14.8. The third kappa shape index (κ3) is 2.58. The van der Waals surface area contributed by atoms with Crippen molar-refractivity contribution in [1.82, 2.24) is 0 Å². The zero-order valence-corrected chi connectivity index (χ0v) is 14.8. The Morgan fingerprint density at radius 1 is 1.33 bits per heavy atom. The summed E-state index contributed by atoms with van der Waals surface area (Å²) in [6.45, 7) is 6.86. The molecule has 2 fully saturated rings. The molecule has 2 aliphatic rings. The average Bonchev–Trinajstić information content (AvgIpc) is 2.87. The number of phenolic OH excluding ortho intramolecular Hbond substituents is 1. The third-order valence-corrected chi connectivity index (χ3v) is 6.59. The summed E-state index contributed by atoms with van der Waals surface area (Å²) in [5.74, 6) is 0.969. The molecule has 0 heterocycles. The second-order valence-electron chi connectivity index (χ2n) is 7.80. The number of ether oxygens (including phenoxy) is 2. The summed E-state index contributed by atoms with van der Waals surface area (Å²) in [6.07, 6.45) is 6.42. The van der Waals surface area contributed by atoms with E-state index in [1.54, 1.807) is 18.2 Å². The van der Waals surface area contributed by atoms with Crippen molar-refractivity contribution < 1.29 is 19.4 Å². The Kier molecular flexibility index (Phi) is 4.10. The second-order valence-corrected chi connectivity index (χ2v) is 7.80. The van der Waals surface area contributed by atoms with Gasteiger partial charge < -0.3 is 14.6 Å². The molecule has 0 unspecified atom stereocenters. The zero-order chi connectivity index (χ0) is 17.5. The van der Waals surface area contributed by atoms with Gasteiger partial charge in [-0.3, -0.25) is 0 Å². The molecule has 3 rings (SSSR count). The molecule has 0 spiro atoms. The maximum Gasteiger partial charge on any atom is 0.331 e. The monoisotopic (exact) mass is 330 g/mol. The molecule has 1 aromatic carbocycles. The summed E-state index contributed by atoms with van der Waals surface area (Å²) in [5, 5.41) is 9.48. The molecule has 0 aliphatic heterocycles. The highest BCUT2D eigenvalue weighted by Crippen LogP contribution is 2.66. The van der Waals surface area contributed by atoms with Crippen molar-refractivity contribution in [1.29, 1.82) is 0 Å². The number of phenols is 1. The van der Waals surface area contributed by atoms with Crippen LogP contribution in [0.4, 0.5) is 0 Å². The van der Waals surface area contributed by atoms with Gasteiger partial charge in [0.2, 0.25) is 0 Å². The number of esters is 1. The van der Waals surface area contributed by atoms with Crippen LogP contribution in [0.5, 0.6) is 11.5 Å². The number of rotatable bonds is 4. The topological polar surface area (TPSA) is 55.8 Å². The minimum absolute atomic E-state index is 0.00915. The molecule has 1 N–H and O–H groups in total. The van der Waals surface area contributed by atoms with Crippen molar-refractivity contribution in [2.24, 2.45) is 16.7 Å². The molecule has 0 radical (unpaired) electrons. The highest BCUT2D eigenvalue weighted by molar-refractivity contribution is 5.87. The number of aromatic hydroxyl groups is 1. The van der Waals surface area contributed by atoms with E-state index in [1.807, 2.05) is 0 Å². The van der Waals surface area contributed by atoms with Crippen molar-refractivity contribution in [3.63, 3.8) is 0 Å². The van der Waals surface area contributed by atoms with Gasteiger partial charge in [-0.05, 0) is 48.8 Å². The molecule has 24 heavy (non-hydrogen) atoms. The Bertz CT molecular complexity index is 676. The van der Waals surface area contributed by atoms with Crippen LogP contribution in [0.15, 0.2) is 24.3 Å². The Morgan fingerprint density at radius 3 is 2.67 bits per heavy atom. The van der Waals surface area contributed by atoms with Crippen LogP contribution >= 0.6 is 0 Å². The van der Waals surface area contributed by atoms with Crippen molar-refractivity contribution in [2.75, 3.05) is 7.11 Å². The fourth-order valence-corrected chi connectivity index (χ4v) is 4.48. The Hall–Kier alpha value is -1.97. The molecule has 0 amide bonds. The van der Waals surface area contributed by atoms with Gasteiger partial charge in [0.1, 0.15) is 17.6 Å². The van der Waals surface area contributed by atoms with E-state index in [9.17, 15) is 9.90 Å². The van der Waals surface area contributed by atoms with Gasteiger partial charge in [0.15, 0.2) is 0 Å². The number of methoxy groups -OCH3 is 1. The molecule has 1 aromatic rings. The summed E-state index contributed by atoms with van der Waals surface area (Å²) < 4.78 is 11.0. The quantitative estimate of drug-likeness (QED) is 0.665. The molecule has 0 saturated heterocycles. The smallest absolute Gasteiger partial charge is 0.331 e. The average molecular weight is 330 g/mol. The molecule has 2 bridgehead atoms. The summed E-state index contributed by atoms with van der Waals surface area (Å²) in [6, 6.07) is 4.79. The fourth-order valence-electron chi connectivity index (χ4n) is 4.48. The summed E-state index contributed by atoms with van der Waals surface area (Å²) in [4.78, 5) is 12.3. The molecule has 4 nitrogen and oxygen atoms in total. The van der Waals surface area contributed by atoms with Gasteiger partial charge in [0.25, 0.3) is 0 Å². The van der Waals surface area contributed by atoms with Crippen LogP contribution in [-0.4, -0.2) is 24.3 Å². The van der Waals surface area contributed by atoms with E-state index in [0.717, 1.165) is 18.4 Å². The van der Waals surface area contributed by atoms with Crippen molar-refractivity contribution in [3.8, 4) is 11.5 Å². The predicted octanol–water partition coefficient (Wildman–Crippen LogP) is 4.17. The van der Waals surface area contributed by atoms with Crippen molar-refractivity contribution in [2.45, 2.75) is 46.1 Å². The minimum atomic E-state index is -0.320.